The highest BCUT2D eigenvalue weighted by atomic mass is 16.6. The first-order valence-corrected chi connectivity index (χ1v) is 9.51. The summed E-state index contributed by atoms with van der Waals surface area (Å²) in [6.45, 7) is 1.74. The van der Waals surface area contributed by atoms with Crippen LogP contribution in [0.2, 0.25) is 0 Å². The summed E-state index contributed by atoms with van der Waals surface area (Å²) in [7, 11) is 1.55. The quantitative estimate of drug-likeness (QED) is 0.788. The maximum atomic E-state index is 12.3. The number of hydrogen-bond acceptors (Lipinski definition) is 5. The van der Waals surface area contributed by atoms with Gasteiger partial charge >= 0.3 is 0 Å². The Labute approximate surface area is 168 Å². The number of fused-ring (bicyclic) bond motifs is 1. The predicted molar refractivity (Wildman–Crippen MR) is 110 cm³/mol. The number of carbonyl (C=O) groups is 2. The summed E-state index contributed by atoms with van der Waals surface area (Å²) in [5, 5.41) is 2.81. The largest absolute Gasteiger partial charge is 0.494 e. The highest BCUT2D eigenvalue weighted by molar-refractivity contribution is 6.03. The summed E-state index contributed by atoms with van der Waals surface area (Å²) in [6, 6.07) is 10.8. The van der Waals surface area contributed by atoms with Gasteiger partial charge in [-0.15, -0.1) is 0 Å². The van der Waals surface area contributed by atoms with E-state index in [1.165, 1.54) is 6.08 Å². The molecule has 4 rings (SSSR count). The molecular weight excluding hydrogens is 372 g/mol. The minimum absolute atomic E-state index is 0.0856. The number of hydrogen-bond donors (Lipinski definition) is 1. The molecule has 2 aromatic rings. The average molecular weight is 394 g/mol. The number of nitrogens with zero attached hydrogens (tertiary/aromatic N) is 1. The van der Waals surface area contributed by atoms with Gasteiger partial charge in [-0.2, -0.15) is 0 Å². The molecule has 29 heavy (non-hydrogen) atoms. The second-order valence-corrected chi connectivity index (χ2v) is 6.76. The van der Waals surface area contributed by atoms with Crippen LogP contribution in [0.1, 0.15) is 18.4 Å². The SMILES string of the molecule is COc1cc(NC(=O)/C=C/c2ccc3c(c2)OCCO3)ccc1N1CCCC1=O. The number of rotatable bonds is 5. The number of benzene rings is 2. The van der Waals surface area contributed by atoms with Gasteiger partial charge in [0.25, 0.3) is 0 Å². The van der Waals surface area contributed by atoms with Crippen LogP contribution < -0.4 is 24.4 Å². The van der Waals surface area contributed by atoms with E-state index < -0.39 is 0 Å². The molecule has 0 saturated carbocycles. The Morgan fingerprint density at radius 2 is 1.97 bits per heavy atom. The van der Waals surface area contributed by atoms with Gasteiger partial charge < -0.3 is 24.4 Å². The molecule has 2 amide bonds. The maximum absolute atomic E-state index is 12.3. The lowest BCUT2D eigenvalue weighted by Crippen LogP contribution is -2.24. The van der Waals surface area contributed by atoms with Gasteiger partial charge in [0.05, 0.1) is 12.8 Å². The fourth-order valence-corrected chi connectivity index (χ4v) is 3.40. The molecule has 2 heterocycles. The van der Waals surface area contributed by atoms with Crippen LogP contribution in [0, 0.1) is 0 Å². The third-order valence-corrected chi connectivity index (χ3v) is 4.80. The number of anilines is 2. The molecule has 0 radical (unpaired) electrons. The molecule has 7 heteroatoms. The molecule has 2 aliphatic rings. The lowest BCUT2D eigenvalue weighted by molar-refractivity contribution is -0.117. The van der Waals surface area contributed by atoms with Crippen molar-refractivity contribution in [2.45, 2.75) is 12.8 Å². The van der Waals surface area contributed by atoms with Crippen molar-refractivity contribution in [3.8, 4) is 17.2 Å². The van der Waals surface area contributed by atoms with E-state index in [2.05, 4.69) is 5.32 Å². The van der Waals surface area contributed by atoms with Crippen molar-refractivity contribution < 1.29 is 23.8 Å². The van der Waals surface area contributed by atoms with Crippen molar-refractivity contribution in [3.05, 3.63) is 48.0 Å². The fourth-order valence-electron chi connectivity index (χ4n) is 3.40. The van der Waals surface area contributed by atoms with Crippen molar-refractivity contribution in [3.63, 3.8) is 0 Å². The lowest BCUT2D eigenvalue weighted by atomic mass is 10.1. The summed E-state index contributed by atoms with van der Waals surface area (Å²) >= 11 is 0. The fraction of sp³-hybridized carbons (Fsp3) is 0.273. The third-order valence-electron chi connectivity index (χ3n) is 4.80. The maximum Gasteiger partial charge on any atom is 0.248 e. The highest BCUT2D eigenvalue weighted by Gasteiger charge is 2.24. The molecule has 0 unspecified atom stereocenters. The van der Waals surface area contributed by atoms with Crippen LogP contribution >= 0.6 is 0 Å². The Morgan fingerprint density at radius 3 is 2.72 bits per heavy atom. The summed E-state index contributed by atoms with van der Waals surface area (Å²) in [6.07, 6.45) is 4.55. The zero-order chi connectivity index (χ0) is 20.2. The van der Waals surface area contributed by atoms with Crippen LogP contribution in [0.3, 0.4) is 0 Å². The van der Waals surface area contributed by atoms with E-state index >= 15 is 0 Å². The average Bonchev–Trinajstić information content (AvgIpc) is 3.17. The van der Waals surface area contributed by atoms with E-state index in [1.807, 2.05) is 18.2 Å². The molecule has 7 nitrogen and oxygen atoms in total. The van der Waals surface area contributed by atoms with Gasteiger partial charge in [-0.3, -0.25) is 9.59 Å². The first kappa shape index (κ1) is 18.9. The van der Waals surface area contributed by atoms with Crippen LogP contribution in [-0.4, -0.2) is 38.7 Å². The van der Waals surface area contributed by atoms with Crippen LogP contribution in [0.4, 0.5) is 11.4 Å². The summed E-state index contributed by atoms with van der Waals surface area (Å²) in [5.41, 5.74) is 2.15. The van der Waals surface area contributed by atoms with E-state index in [0.717, 1.165) is 17.7 Å². The van der Waals surface area contributed by atoms with Crippen LogP contribution in [0.5, 0.6) is 17.2 Å². The third kappa shape index (κ3) is 4.18. The zero-order valence-electron chi connectivity index (χ0n) is 16.1. The van der Waals surface area contributed by atoms with Crippen LogP contribution in [0.25, 0.3) is 6.08 Å². The smallest absolute Gasteiger partial charge is 0.248 e. The van der Waals surface area contributed by atoms with E-state index in [9.17, 15) is 9.59 Å². The number of amides is 2. The Kier molecular flexibility index (Phi) is 5.37. The van der Waals surface area contributed by atoms with E-state index in [4.69, 9.17) is 14.2 Å². The molecular formula is C22H22N2O5. The minimum atomic E-state index is -0.271. The highest BCUT2D eigenvalue weighted by Crippen LogP contribution is 2.34. The second-order valence-electron chi connectivity index (χ2n) is 6.76. The molecule has 2 aliphatic heterocycles. The standard InChI is InChI=1S/C22H22N2O5/c1-27-19-14-16(6-7-17(19)24-10-2-3-22(24)26)23-21(25)9-5-15-4-8-18-20(13-15)29-12-11-28-18/h4-9,13-14H,2-3,10-12H2,1H3,(H,23,25)/b9-5+. The summed E-state index contributed by atoms with van der Waals surface area (Å²) in [5.74, 6) is 1.75. The normalized spacial score (nSPS) is 15.6. The number of methoxy groups -OCH3 is 1. The second kappa shape index (κ2) is 8.26. The van der Waals surface area contributed by atoms with Gasteiger partial charge in [0.15, 0.2) is 11.5 Å². The summed E-state index contributed by atoms with van der Waals surface area (Å²) < 4.78 is 16.5. The Hall–Kier alpha value is -3.48. The number of nitrogens with one attached hydrogen (secondary N) is 1. The van der Waals surface area contributed by atoms with Gasteiger partial charge in [0.1, 0.15) is 19.0 Å². The molecule has 1 N–H and O–H groups in total. The first-order valence-electron chi connectivity index (χ1n) is 9.51. The molecule has 0 spiro atoms. The Bertz CT molecular complexity index is 970. The number of carbonyl (C=O) groups excluding carboxylic acids is 2. The first-order chi connectivity index (χ1) is 14.1. The van der Waals surface area contributed by atoms with Crippen molar-refractivity contribution >= 4 is 29.3 Å². The van der Waals surface area contributed by atoms with Gasteiger partial charge in [-0.1, -0.05) is 6.07 Å². The van der Waals surface area contributed by atoms with Gasteiger partial charge in [0.2, 0.25) is 11.8 Å². The summed E-state index contributed by atoms with van der Waals surface area (Å²) in [4.78, 5) is 26.0. The van der Waals surface area contributed by atoms with Crippen molar-refractivity contribution in [2.75, 3.05) is 37.1 Å². The zero-order valence-corrected chi connectivity index (χ0v) is 16.1. The van der Waals surface area contributed by atoms with Crippen LogP contribution in [0.15, 0.2) is 42.5 Å². The monoisotopic (exact) mass is 394 g/mol. The minimum Gasteiger partial charge on any atom is -0.494 e. The predicted octanol–water partition coefficient (Wildman–Crippen LogP) is 3.25. The Balaban J connectivity index is 1.44. The van der Waals surface area contributed by atoms with E-state index in [1.54, 1.807) is 36.3 Å². The number of ether oxygens (including phenoxy) is 3. The van der Waals surface area contributed by atoms with Gasteiger partial charge in [-0.25, -0.2) is 0 Å². The molecule has 1 fully saturated rings. The van der Waals surface area contributed by atoms with Crippen molar-refractivity contribution in [2.24, 2.45) is 0 Å². The van der Waals surface area contributed by atoms with E-state index in [-0.39, 0.29) is 11.8 Å². The molecule has 2 aromatic carbocycles. The Morgan fingerprint density at radius 1 is 1.14 bits per heavy atom. The molecule has 150 valence electrons. The topological polar surface area (TPSA) is 77.1 Å². The lowest BCUT2D eigenvalue weighted by Gasteiger charge is -2.19. The van der Waals surface area contributed by atoms with Gasteiger partial charge in [-0.05, 0) is 42.3 Å². The molecule has 1 saturated heterocycles. The van der Waals surface area contributed by atoms with E-state index in [0.29, 0.717) is 49.1 Å². The van der Waals surface area contributed by atoms with Crippen LogP contribution in [-0.2, 0) is 9.59 Å². The van der Waals surface area contributed by atoms with Gasteiger partial charge in [0, 0.05) is 30.8 Å². The molecule has 0 atom stereocenters. The molecule has 0 aliphatic carbocycles. The molecule has 0 bridgehead atoms. The van der Waals surface area contributed by atoms with Crippen molar-refractivity contribution in [1.29, 1.82) is 0 Å². The molecule has 0 aromatic heterocycles. The van der Waals surface area contributed by atoms with Crippen molar-refractivity contribution in [1.82, 2.24) is 0 Å².